The van der Waals surface area contributed by atoms with Crippen molar-refractivity contribution < 1.29 is 4.74 Å². The molecule has 2 aromatic rings. The molecule has 0 fully saturated rings. The molecular weight excluding hydrogens is 204 g/mol. The van der Waals surface area contributed by atoms with Crippen LogP contribution in [0.4, 0.5) is 0 Å². The fourth-order valence-electron chi connectivity index (χ4n) is 1.34. The van der Waals surface area contributed by atoms with Crippen LogP contribution in [0.1, 0.15) is 18.8 Å². The van der Waals surface area contributed by atoms with Gasteiger partial charge in [-0.1, -0.05) is 0 Å². The Kier molecular flexibility index (Phi) is 2.87. The van der Waals surface area contributed by atoms with Crippen LogP contribution in [0.5, 0.6) is 5.75 Å². The van der Waals surface area contributed by atoms with Crippen LogP contribution in [0, 0.1) is 0 Å². The van der Waals surface area contributed by atoms with E-state index >= 15 is 0 Å². The minimum absolute atomic E-state index is 0.153. The standard InChI is InChI=1S/C11H14N4O/c1-8(12)11-13-7-15(14-11)9-3-5-10(16-2)6-4-9/h3-8H,12H2,1-2H3. The minimum atomic E-state index is -0.153. The molecule has 1 heterocycles. The van der Waals surface area contributed by atoms with Crippen molar-refractivity contribution in [1.29, 1.82) is 0 Å². The average Bonchev–Trinajstić information content (AvgIpc) is 2.78. The first-order valence-electron chi connectivity index (χ1n) is 5.02. The number of ether oxygens (including phenoxy) is 1. The normalized spacial score (nSPS) is 12.4. The van der Waals surface area contributed by atoms with Crippen LogP contribution in [0.2, 0.25) is 0 Å². The second-order valence-electron chi connectivity index (χ2n) is 3.53. The molecule has 84 valence electrons. The third-order valence-electron chi connectivity index (χ3n) is 2.25. The van der Waals surface area contributed by atoms with Gasteiger partial charge in [0.05, 0.1) is 18.8 Å². The second-order valence-corrected chi connectivity index (χ2v) is 3.53. The lowest BCUT2D eigenvalue weighted by Gasteiger charge is -2.02. The molecule has 1 aromatic heterocycles. The van der Waals surface area contributed by atoms with E-state index in [1.165, 1.54) is 0 Å². The lowest BCUT2D eigenvalue weighted by Crippen LogP contribution is -2.07. The van der Waals surface area contributed by atoms with Gasteiger partial charge in [-0.05, 0) is 31.2 Å². The van der Waals surface area contributed by atoms with E-state index in [4.69, 9.17) is 10.5 Å². The maximum atomic E-state index is 5.69. The Morgan fingerprint density at radius 3 is 2.50 bits per heavy atom. The van der Waals surface area contributed by atoms with Crippen molar-refractivity contribution in [3.05, 3.63) is 36.4 Å². The highest BCUT2D eigenvalue weighted by molar-refractivity contribution is 5.36. The molecule has 0 spiro atoms. The summed E-state index contributed by atoms with van der Waals surface area (Å²) in [6, 6.07) is 7.43. The Labute approximate surface area is 93.9 Å². The zero-order chi connectivity index (χ0) is 11.5. The van der Waals surface area contributed by atoms with Crippen molar-refractivity contribution in [2.75, 3.05) is 7.11 Å². The molecule has 0 aliphatic heterocycles. The van der Waals surface area contributed by atoms with Crippen molar-refractivity contribution in [3.8, 4) is 11.4 Å². The predicted molar refractivity (Wildman–Crippen MR) is 60.5 cm³/mol. The molecule has 1 aromatic carbocycles. The molecule has 0 amide bonds. The van der Waals surface area contributed by atoms with Crippen molar-refractivity contribution in [3.63, 3.8) is 0 Å². The Morgan fingerprint density at radius 1 is 1.31 bits per heavy atom. The highest BCUT2D eigenvalue weighted by Crippen LogP contribution is 2.14. The van der Waals surface area contributed by atoms with Gasteiger partial charge in [-0.25, -0.2) is 9.67 Å². The van der Waals surface area contributed by atoms with E-state index in [2.05, 4.69) is 10.1 Å². The first-order valence-corrected chi connectivity index (χ1v) is 5.02. The molecule has 0 aliphatic carbocycles. The number of rotatable bonds is 3. The first kappa shape index (κ1) is 10.6. The molecule has 2 N–H and O–H groups in total. The van der Waals surface area contributed by atoms with Gasteiger partial charge in [-0.3, -0.25) is 0 Å². The van der Waals surface area contributed by atoms with E-state index in [1.807, 2.05) is 31.2 Å². The Morgan fingerprint density at radius 2 is 2.00 bits per heavy atom. The summed E-state index contributed by atoms with van der Waals surface area (Å²) in [5.41, 5.74) is 6.62. The van der Waals surface area contributed by atoms with Gasteiger partial charge in [-0.2, -0.15) is 0 Å². The maximum absolute atomic E-state index is 5.69. The number of aromatic nitrogens is 3. The highest BCUT2D eigenvalue weighted by Gasteiger charge is 2.06. The molecule has 0 radical (unpaired) electrons. The zero-order valence-corrected chi connectivity index (χ0v) is 9.29. The van der Waals surface area contributed by atoms with Gasteiger partial charge in [0.1, 0.15) is 12.1 Å². The molecule has 16 heavy (non-hydrogen) atoms. The van der Waals surface area contributed by atoms with E-state index in [0.717, 1.165) is 11.4 Å². The topological polar surface area (TPSA) is 66.0 Å². The zero-order valence-electron chi connectivity index (χ0n) is 9.29. The predicted octanol–water partition coefficient (Wildman–Crippen LogP) is 1.30. The van der Waals surface area contributed by atoms with Gasteiger partial charge in [-0.15, -0.1) is 5.10 Å². The van der Waals surface area contributed by atoms with Crippen LogP contribution in [-0.2, 0) is 0 Å². The minimum Gasteiger partial charge on any atom is -0.497 e. The summed E-state index contributed by atoms with van der Waals surface area (Å²) in [7, 11) is 1.64. The second kappa shape index (κ2) is 4.32. The Balaban J connectivity index is 2.28. The molecule has 2 rings (SSSR count). The molecule has 0 saturated carbocycles. The van der Waals surface area contributed by atoms with Gasteiger partial charge in [0.25, 0.3) is 0 Å². The molecule has 0 bridgehead atoms. The number of methoxy groups -OCH3 is 1. The van der Waals surface area contributed by atoms with Crippen LogP contribution in [0.25, 0.3) is 5.69 Å². The third kappa shape index (κ3) is 2.04. The smallest absolute Gasteiger partial charge is 0.167 e. The van der Waals surface area contributed by atoms with Crippen molar-refractivity contribution in [2.45, 2.75) is 13.0 Å². The summed E-state index contributed by atoms with van der Waals surface area (Å²) in [6.07, 6.45) is 1.65. The van der Waals surface area contributed by atoms with Gasteiger partial charge >= 0.3 is 0 Å². The fraction of sp³-hybridized carbons (Fsp3) is 0.273. The van der Waals surface area contributed by atoms with E-state index in [9.17, 15) is 0 Å². The van der Waals surface area contributed by atoms with Crippen LogP contribution in [-0.4, -0.2) is 21.9 Å². The van der Waals surface area contributed by atoms with Gasteiger partial charge < -0.3 is 10.5 Å². The van der Waals surface area contributed by atoms with E-state index in [-0.39, 0.29) is 6.04 Å². The van der Waals surface area contributed by atoms with Crippen molar-refractivity contribution >= 4 is 0 Å². The lowest BCUT2D eigenvalue weighted by atomic mass is 10.3. The molecule has 0 aliphatic rings. The van der Waals surface area contributed by atoms with Crippen molar-refractivity contribution in [1.82, 2.24) is 14.8 Å². The third-order valence-corrected chi connectivity index (χ3v) is 2.25. The van der Waals surface area contributed by atoms with Crippen LogP contribution >= 0.6 is 0 Å². The van der Waals surface area contributed by atoms with Crippen molar-refractivity contribution in [2.24, 2.45) is 5.73 Å². The quantitative estimate of drug-likeness (QED) is 0.843. The lowest BCUT2D eigenvalue weighted by molar-refractivity contribution is 0.414. The molecule has 1 atom stereocenters. The van der Waals surface area contributed by atoms with Gasteiger partial charge in [0, 0.05) is 0 Å². The van der Waals surface area contributed by atoms with E-state index in [1.54, 1.807) is 18.1 Å². The summed E-state index contributed by atoms with van der Waals surface area (Å²) in [6.45, 7) is 1.85. The Bertz CT molecular complexity index is 461. The molecule has 1 unspecified atom stereocenters. The van der Waals surface area contributed by atoms with Gasteiger partial charge in [0.2, 0.25) is 0 Å². The summed E-state index contributed by atoms with van der Waals surface area (Å²) in [5.74, 6) is 1.45. The summed E-state index contributed by atoms with van der Waals surface area (Å²) < 4.78 is 6.78. The maximum Gasteiger partial charge on any atom is 0.167 e. The van der Waals surface area contributed by atoms with Crippen LogP contribution in [0.15, 0.2) is 30.6 Å². The summed E-state index contributed by atoms with van der Waals surface area (Å²) in [5, 5.41) is 4.28. The van der Waals surface area contributed by atoms with E-state index < -0.39 is 0 Å². The number of nitrogens with two attached hydrogens (primary N) is 1. The average molecular weight is 218 g/mol. The Hall–Kier alpha value is -1.88. The number of nitrogens with zero attached hydrogens (tertiary/aromatic N) is 3. The number of hydrogen-bond donors (Lipinski definition) is 1. The van der Waals surface area contributed by atoms with E-state index in [0.29, 0.717) is 5.82 Å². The van der Waals surface area contributed by atoms with Gasteiger partial charge in [0.15, 0.2) is 5.82 Å². The number of hydrogen-bond acceptors (Lipinski definition) is 4. The first-order chi connectivity index (χ1) is 7.70. The molecule has 5 heteroatoms. The highest BCUT2D eigenvalue weighted by atomic mass is 16.5. The fourth-order valence-corrected chi connectivity index (χ4v) is 1.34. The monoisotopic (exact) mass is 218 g/mol. The summed E-state index contributed by atoms with van der Waals surface area (Å²) >= 11 is 0. The molecule has 0 saturated heterocycles. The molecular formula is C11H14N4O. The molecule has 5 nitrogen and oxygen atoms in total. The van der Waals surface area contributed by atoms with Crippen LogP contribution in [0.3, 0.4) is 0 Å². The number of benzene rings is 1. The van der Waals surface area contributed by atoms with Crippen LogP contribution < -0.4 is 10.5 Å². The largest absolute Gasteiger partial charge is 0.497 e. The summed E-state index contributed by atoms with van der Waals surface area (Å²) in [4.78, 5) is 4.13. The SMILES string of the molecule is COc1ccc(-n2cnc(C(C)N)n2)cc1.